The lowest BCUT2D eigenvalue weighted by atomic mass is 9.72. The number of aliphatic hydroxyl groups is 1. The van der Waals surface area contributed by atoms with E-state index in [9.17, 15) is 18.7 Å². The van der Waals surface area contributed by atoms with Crippen LogP contribution in [-0.2, 0) is 6.61 Å². The maximum atomic E-state index is 16.1. The van der Waals surface area contributed by atoms with E-state index in [4.69, 9.17) is 16.3 Å². The Morgan fingerprint density at radius 3 is 2.67 bits per heavy atom. The number of nitrogens with zero attached hydrogens (tertiary/aromatic N) is 4. The van der Waals surface area contributed by atoms with E-state index in [1.54, 1.807) is 39.2 Å². The van der Waals surface area contributed by atoms with Crippen LogP contribution in [0.25, 0.3) is 5.70 Å². The van der Waals surface area contributed by atoms with Crippen LogP contribution in [0.15, 0.2) is 53.0 Å². The van der Waals surface area contributed by atoms with Crippen molar-refractivity contribution in [3.05, 3.63) is 98.1 Å². The Hall–Kier alpha value is -3.70. The normalized spacial score (nSPS) is 22.7. The average Bonchev–Trinajstić information content (AvgIpc) is 2.86. The molecule has 0 radical (unpaired) electrons. The first-order valence-corrected chi connectivity index (χ1v) is 12.6. The second kappa shape index (κ2) is 10.1. The zero-order chi connectivity index (χ0) is 28.1. The lowest BCUT2D eigenvalue weighted by Gasteiger charge is -2.40. The topological polar surface area (TPSA) is 102 Å². The molecule has 8 nitrogen and oxygen atoms in total. The van der Waals surface area contributed by atoms with Crippen LogP contribution in [0.2, 0.25) is 5.02 Å². The summed E-state index contributed by atoms with van der Waals surface area (Å²) >= 11 is 6.32. The predicted octanol–water partition coefficient (Wildman–Crippen LogP) is 4.87. The van der Waals surface area contributed by atoms with Gasteiger partial charge in [0.1, 0.15) is 40.8 Å². The number of hydrogen-bond acceptors (Lipinski definition) is 7. The van der Waals surface area contributed by atoms with Gasteiger partial charge in [-0.2, -0.15) is 0 Å². The van der Waals surface area contributed by atoms with Crippen molar-refractivity contribution in [2.24, 2.45) is 0 Å². The van der Waals surface area contributed by atoms with Crippen LogP contribution >= 0.6 is 11.6 Å². The molecule has 0 bridgehead atoms. The van der Waals surface area contributed by atoms with E-state index in [0.717, 1.165) is 10.8 Å². The monoisotopic (exact) mass is 559 g/mol. The second-order valence-corrected chi connectivity index (χ2v) is 10.4. The number of nitrogens with one attached hydrogen (secondary N) is 1. The van der Waals surface area contributed by atoms with Gasteiger partial charge in [0.15, 0.2) is 11.6 Å². The first-order chi connectivity index (χ1) is 18.4. The third-order valence-electron chi connectivity index (χ3n) is 6.82. The Bertz CT molecular complexity index is 1580. The van der Waals surface area contributed by atoms with Gasteiger partial charge in [-0.15, -0.1) is 0 Å². The fourth-order valence-corrected chi connectivity index (χ4v) is 5.06. The van der Waals surface area contributed by atoms with E-state index >= 15 is 4.39 Å². The van der Waals surface area contributed by atoms with Gasteiger partial charge < -0.3 is 15.2 Å². The minimum atomic E-state index is -0.987. The van der Waals surface area contributed by atoms with Crippen LogP contribution in [0, 0.1) is 18.6 Å². The number of aryl methyl sites for hydroxylation is 1. The minimum absolute atomic E-state index is 0.00712. The van der Waals surface area contributed by atoms with Gasteiger partial charge in [0.25, 0.3) is 5.56 Å². The molecule has 3 aromatic rings. The molecule has 0 spiro atoms. The summed E-state index contributed by atoms with van der Waals surface area (Å²) in [5.74, 6) is -1.94. The Kier molecular flexibility index (Phi) is 6.98. The molecule has 0 aromatic carbocycles. The number of ether oxygens (including phenoxy) is 1. The van der Waals surface area contributed by atoms with E-state index < -0.39 is 41.3 Å². The van der Waals surface area contributed by atoms with Gasteiger partial charge in [-0.1, -0.05) is 11.6 Å². The standard InChI is InChI=1S/C27H25ClF3N5O3/c1-13-10-34-23(18-4-5-32-25(35-18)15-8-27(3,38)9-15)22(31)24(13)36-14(2)6-20(21(28)26(36)37)39-12-19-17(30)7-16(29)11-33-19/h4-7,10-11,15,23,34,38H,8-9,12H2,1-3H3. The summed E-state index contributed by atoms with van der Waals surface area (Å²) in [5.41, 5.74) is -0.534. The van der Waals surface area contributed by atoms with Gasteiger partial charge in [-0.25, -0.2) is 23.1 Å². The van der Waals surface area contributed by atoms with Crippen LogP contribution in [0.3, 0.4) is 0 Å². The Morgan fingerprint density at radius 1 is 1.23 bits per heavy atom. The number of halogens is 4. The fraction of sp³-hybridized carbons (Fsp3) is 0.333. The summed E-state index contributed by atoms with van der Waals surface area (Å²) in [6.07, 6.45) is 5.02. The van der Waals surface area contributed by atoms with Gasteiger partial charge in [0, 0.05) is 36.1 Å². The molecule has 3 aromatic heterocycles. The first-order valence-electron chi connectivity index (χ1n) is 12.2. The van der Waals surface area contributed by atoms with E-state index in [-0.39, 0.29) is 28.1 Å². The zero-order valence-corrected chi connectivity index (χ0v) is 22.1. The van der Waals surface area contributed by atoms with E-state index in [0.29, 0.717) is 41.7 Å². The highest BCUT2D eigenvalue weighted by atomic mass is 35.5. The highest BCUT2D eigenvalue weighted by molar-refractivity contribution is 6.31. The summed E-state index contributed by atoms with van der Waals surface area (Å²) in [5, 5.41) is 12.7. The van der Waals surface area contributed by atoms with E-state index in [2.05, 4.69) is 20.3 Å². The van der Waals surface area contributed by atoms with Crippen molar-refractivity contribution in [3.8, 4) is 5.75 Å². The number of pyridine rings is 2. The summed E-state index contributed by atoms with van der Waals surface area (Å²) in [7, 11) is 0. The molecule has 1 aliphatic heterocycles. The van der Waals surface area contributed by atoms with Crippen LogP contribution < -0.4 is 15.6 Å². The Labute approximate surface area is 226 Å². The van der Waals surface area contributed by atoms with Crippen molar-refractivity contribution in [3.63, 3.8) is 0 Å². The quantitative estimate of drug-likeness (QED) is 0.444. The zero-order valence-electron chi connectivity index (χ0n) is 21.3. The van der Waals surface area contributed by atoms with Gasteiger partial charge >= 0.3 is 0 Å². The van der Waals surface area contributed by atoms with Crippen LogP contribution in [-0.4, -0.2) is 30.2 Å². The van der Waals surface area contributed by atoms with Gasteiger partial charge in [-0.3, -0.25) is 14.3 Å². The number of hydrogen-bond donors (Lipinski definition) is 2. The van der Waals surface area contributed by atoms with Gasteiger partial charge in [0.2, 0.25) is 0 Å². The summed E-state index contributed by atoms with van der Waals surface area (Å²) in [4.78, 5) is 25.8. The molecular weight excluding hydrogens is 535 g/mol. The predicted molar refractivity (Wildman–Crippen MR) is 138 cm³/mol. The molecular formula is C27H25ClF3N5O3. The van der Waals surface area contributed by atoms with Crippen molar-refractivity contribution in [1.82, 2.24) is 24.8 Å². The summed E-state index contributed by atoms with van der Waals surface area (Å²) in [6.45, 7) is 4.57. The van der Waals surface area contributed by atoms with E-state index in [1.165, 1.54) is 6.07 Å². The van der Waals surface area contributed by atoms with Crippen LogP contribution in [0.5, 0.6) is 5.75 Å². The highest BCUT2D eigenvalue weighted by Gasteiger charge is 2.41. The molecule has 1 atom stereocenters. The first kappa shape index (κ1) is 26.9. The lowest BCUT2D eigenvalue weighted by Crippen LogP contribution is -2.40. The third-order valence-corrected chi connectivity index (χ3v) is 7.17. The Balaban J connectivity index is 1.47. The number of dihydropyridines is 1. The molecule has 1 saturated carbocycles. The number of rotatable bonds is 6. The van der Waals surface area contributed by atoms with Crippen molar-refractivity contribution in [2.45, 2.75) is 57.8 Å². The van der Waals surface area contributed by atoms with Crippen molar-refractivity contribution < 1.29 is 23.0 Å². The van der Waals surface area contributed by atoms with Crippen LogP contribution in [0.4, 0.5) is 13.2 Å². The average molecular weight is 560 g/mol. The van der Waals surface area contributed by atoms with Crippen LogP contribution in [0.1, 0.15) is 61.6 Å². The molecule has 2 aliphatic rings. The molecule has 12 heteroatoms. The number of allylic oxidation sites excluding steroid dienone is 2. The highest BCUT2D eigenvalue weighted by Crippen LogP contribution is 2.43. The molecule has 0 amide bonds. The molecule has 1 aliphatic carbocycles. The second-order valence-electron chi connectivity index (χ2n) is 10.0. The summed E-state index contributed by atoms with van der Waals surface area (Å²) in [6, 6.07) is 2.71. The molecule has 2 N–H and O–H groups in total. The fourth-order valence-electron chi connectivity index (χ4n) is 4.86. The Morgan fingerprint density at radius 2 is 1.97 bits per heavy atom. The van der Waals surface area contributed by atoms with Crippen molar-refractivity contribution >= 4 is 17.3 Å². The lowest BCUT2D eigenvalue weighted by molar-refractivity contribution is -0.0335. The molecule has 204 valence electrons. The van der Waals surface area contributed by atoms with E-state index in [1.807, 2.05) is 0 Å². The molecule has 1 unspecified atom stereocenters. The largest absolute Gasteiger partial charge is 0.485 e. The molecule has 39 heavy (non-hydrogen) atoms. The van der Waals surface area contributed by atoms with Gasteiger partial charge in [0.05, 0.1) is 23.2 Å². The minimum Gasteiger partial charge on any atom is -0.485 e. The molecule has 5 rings (SSSR count). The molecule has 0 saturated heterocycles. The van der Waals surface area contributed by atoms with Crippen molar-refractivity contribution in [1.29, 1.82) is 0 Å². The third kappa shape index (κ3) is 5.16. The summed E-state index contributed by atoms with van der Waals surface area (Å²) < 4.78 is 49.8. The maximum absolute atomic E-state index is 16.1. The van der Waals surface area contributed by atoms with Gasteiger partial charge in [-0.05, 0) is 45.3 Å². The smallest absolute Gasteiger partial charge is 0.277 e. The maximum Gasteiger partial charge on any atom is 0.277 e. The van der Waals surface area contributed by atoms with Crippen molar-refractivity contribution in [2.75, 3.05) is 0 Å². The number of aromatic nitrogens is 4. The molecule has 4 heterocycles. The SMILES string of the molecule is CC1=CNC(c2ccnc(C3CC(C)(O)C3)n2)C(F)=C1n1c(C)cc(OCc2ncc(F)cc2F)c(Cl)c1=O. The molecule has 1 fully saturated rings.